The monoisotopic (exact) mass is 291 g/mol. The molecule has 0 spiro atoms. The first kappa shape index (κ1) is 16.8. The minimum Gasteiger partial charge on any atom is -0.445 e. The van der Waals surface area contributed by atoms with Crippen LogP contribution in [-0.4, -0.2) is 24.7 Å². The minimum absolute atomic E-state index is 0.0912. The van der Waals surface area contributed by atoms with Crippen LogP contribution in [0.5, 0.6) is 5.75 Å². The topological polar surface area (TPSA) is 64.6 Å². The molecule has 0 saturated carbocycles. The lowest BCUT2D eigenvalue weighted by Crippen LogP contribution is -2.44. The van der Waals surface area contributed by atoms with E-state index in [9.17, 15) is 9.59 Å². The summed E-state index contributed by atoms with van der Waals surface area (Å²) in [7, 11) is 0. The van der Waals surface area contributed by atoms with Crippen molar-refractivity contribution in [3.05, 3.63) is 43.0 Å². The van der Waals surface area contributed by atoms with Gasteiger partial charge in [-0.1, -0.05) is 44.7 Å². The van der Waals surface area contributed by atoms with Crippen molar-refractivity contribution >= 4 is 12.1 Å². The van der Waals surface area contributed by atoms with E-state index >= 15 is 0 Å². The molecule has 0 radical (unpaired) electrons. The van der Waals surface area contributed by atoms with Gasteiger partial charge in [-0.2, -0.15) is 0 Å². The van der Waals surface area contributed by atoms with E-state index in [0.29, 0.717) is 12.2 Å². The molecule has 0 aliphatic heterocycles. The normalized spacial score (nSPS) is 11.6. The van der Waals surface area contributed by atoms with Crippen LogP contribution in [0.1, 0.15) is 20.3 Å². The lowest BCUT2D eigenvalue weighted by Gasteiger charge is -2.18. The third kappa shape index (κ3) is 6.61. The molecule has 0 bridgehead atoms. The number of hydrogen-bond acceptors (Lipinski definition) is 4. The fourth-order valence-electron chi connectivity index (χ4n) is 1.68. The number of para-hydroxylation sites is 1. The molecule has 0 heterocycles. The zero-order valence-electron chi connectivity index (χ0n) is 12.4. The highest BCUT2D eigenvalue weighted by Gasteiger charge is 2.24. The molecule has 5 heteroatoms. The molecule has 1 aromatic carbocycles. The molecule has 0 saturated heterocycles. The van der Waals surface area contributed by atoms with Gasteiger partial charge < -0.3 is 14.8 Å². The Hall–Kier alpha value is -2.30. The van der Waals surface area contributed by atoms with Gasteiger partial charge >= 0.3 is 12.1 Å². The van der Waals surface area contributed by atoms with E-state index in [-0.39, 0.29) is 12.5 Å². The highest BCUT2D eigenvalue weighted by molar-refractivity contribution is 5.82. The maximum absolute atomic E-state index is 12.1. The van der Waals surface area contributed by atoms with Gasteiger partial charge in [0, 0.05) is 0 Å². The number of rotatable bonds is 7. The summed E-state index contributed by atoms with van der Waals surface area (Å²) in [5, 5.41) is 2.52. The van der Waals surface area contributed by atoms with Crippen LogP contribution >= 0.6 is 0 Å². The van der Waals surface area contributed by atoms with Gasteiger partial charge in [0.15, 0.2) is 0 Å². The predicted octanol–water partition coefficient (Wildman–Crippen LogP) is 2.92. The molecule has 21 heavy (non-hydrogen) atoms. The number of benzene rings is 1. The Balaban J connectivity index is 2.65. The lowest BCUT2D eigenvalue weighted by atomic mass is 10.0. The van der Waals surface area contributed by atoms with E-state index in [1.54, 1.807) is 24.3 Å². The molecule has 114 valence electrons. The Morgan fingerprint density at radius 3 is 2.52 bits per heavy atom. The number of alkyl carbamates (subject to hydrolysis) is 1. The van der Waals surface area contributed by atoms with Gasteiger partial charge in [0.1, 0.15) is 18.4 Å². The number of ether oxygens (including phenoxy) is 2. The Kier molecular flexibility index (Phi) is 7.01. The first-order valence-electron chi connectivity index (χ1n) is 6.84. The highest BCUT2D eigenvalue weighted by atomic mass is 16.6. The number of carbonyl (C=O) groups excluding carboxylic acids is 2. The number of esters is 1. The van der Waals surface area contributed by atoms with Crippen LogP contribution in [0.25, 0.3) is 0 Å². The summed E-state index contributed by atoms with van der Waals surface area (Å²) in [4.78, 5) is 23.7. The second kappa shape index (κ2) is 8.79. The van der Waals surface area contributed by atoms with E-state index < -0.39 is 18.1 Å². The van der Waals surface area contributed by atoms with E-state index in [1.165, 1.54) is 6.08 Å². The molecule has 0 unspecified atom stereocenters. The largest absolute Gasteiger partial charge is 0.445 e. The van der Waals surface area contributed by atoms with Crippen molar-refractivity contribution in [2.75, 3.05) is 6.61 Å². The fraction of sp³-hybridized carbons (Fsp3) is 0.375. The molecule has 1 rings (SSSR count). The highest BCUT2D eigenvalue weighted by Crippen LogP contribution is 2.12. The van der Waals surface area contributed by atoms with Crippen molar-refractivity contribution in [3.8, 4) is 5.75 Å². The first-order chi connectivity index (χ1) is 10.0. The number of carbonyl (C=O) groups is 2. The molecule has 5 nitrogen and oxygen atoms in total. The quantitative estimate of drug-likeness (QED) is 0.476. The smallest absolute Gasteiger partial charge is 0.408 e. The second-order valence-electron chi connectivity index (χ2n) is 4.95. The van der Waals surface area contributed by atoms with Gasteiger partial charge in [0.05, 0.1) is 0 Å². The molecular formula is C16H21NO4. The summed E-state index contributed by atoms with van der Waals surface area (Å²) >= 11 is 0. The minimum atomic E-state index is -0.748. The van der Waals surface area contributed by atoms with Gasteiger partial charge in [-0.05, 0) is 24.5 Å². The van der Waals surface area contributed by atoms with Crippen molar-refractivity contribution in [1.82, 2.24) is 5.32 Å². The number of amides is 1. The SMILES string of the molecule is C=CCOC(=O)N[C@H](CC(C)C)C(=O)Oc1ccccc1. The zero-order chi connectivity index (χ0) is 15.7. The van der Waals surface area contributed by atoms with Gasteiger partial charge in [0.25, 0.3) is 0 Å². The van der Waals surface area contributed by atoms with Crippen LogP contribution in [-0.2, 0) is 9.53 Å². The second-order valence-corrected chi connectivity index (χ2v) is 4.95. The van der Waals surface area contributed by atoms with E-state index in [4.69, 9.17) is 9.47 Å². The summed E-state index contributed by atoms with van der Waals surface area (Å²) in [5.41, 5.74) is 0. The fourth-order valence-corrected chi connectivity index (χ4v) is 1.68. The van der Waals surface area contributed by atoms with Gasteiger partial charge in [0.2, 0.25) is 0 Å². The molecule has 1 atom stereocenters. The van der Waals surface area contributed by atoms with Crippen LogP contribution in [0, 0.1) is 5.92 Å². The first-order valence-corrected chi connectivity index (χ1v) is 6.84. The van der Waals surface area contributed by atoms with Crippen molar-refractivity contribution < 1.29 is 19.1 Å². The van der Waals surface area contributed by atoms with Crippen LogP contribution in [0.3, 0.4) is 0 Å². The Morgan fingerprint density at radius 2 is 1.95 bits per heavy atom. The summed E-state index contributed by atoms with van der Waals surface area (Å²) in [6, 6.07) is 7.98. The molecule has 1 N–H and O–H groups in total. The van der Waals surface area contributed by atoms with Crippen molar-refractivity contribution in [3.63, 3.8) is 0 Å². The summed E-state index contributed by atoms with van der Waals surface area (Å²) in [6.45, 7) is 7.46. The van der Waals surface area contributed by atoms with Crippen molar-refractivity contribution in [2.45, 2.75) is 26.3 Å². The summed E-state index contributed by atoms with van der Waals surface area (Å²) < 4.78 is 10.1. The average Bonchev–Trinajstić information content (AvgIpc) is 2.45. The molecule has 1 aromatic rings. The zero-order valence-corrected chi connectivity index (χ0v) is 12.4. The van der Waals surface area contributed by atoms with Gasteiger partial charge in [-0.3, -0.25) is 0 Å². The average molecular weight is 291 g/mol. The lowest BCUT2D eigenvalue weighted by molar-refractivity contribution is -0.137. The van der Waals surface area contributed by atoms with Crippen LogP contribution in [0.4, 0.5) is 4.79 Å². The molecular weight excluding hydrogens is 270 g/mol. The maximum Gasteiger partial charge on any atom is 0.408 e. The van der Waals surface area contributed by atoms with Gasteiger partial charge in [-0.15, -0.1) is 0 Å². The molecule has 0 aliphatic rings. The standard InChI is InChI=1S/C16H21NO4/c1-4-10-20-16(19)17-14(11-12(2)3)15(18)21-13-8-6-5-7-9-13/h4-9,12,14H,1,10-11H2,2-3H3,(H,17,19)/t14-/m1/s1. The predicted molar refractivity (Wildman–Crippen MR) is 80.0 cm³/mol. The third-order valence-corrected chi connectivity index (χ3v) is 2.58. The van der Waals surface area contributed by atoms with Crippen LogP contribution in [0.15, 0.2) is 43.0 Å². The van der Waals surface area contributed by atoms with Crippen molar-refractivity contribution in [1.29, 1.82) is 0 Å². The summed E-state index contributed by atoms with van der Waals surface area (Å²) in [6.07, 6.45) is 1.26. The molecule has 0 aliphatic carbocycles. The van der Waals surface area contributed by atoms with E-state index in [2.05, 4.69) is 11.9 Å². The Labute approximate surface area is 124 Å². The van der Waals surface area contributed by atoms with E-state index in [1.807, 2.05) is 19.9 Å². The molecule has 1 amide bonds. The maximum atomic E-state index is 12.1. The molecule has 0 aromatic heterocycles. The number of hydrogen-bond donors (Lipinski definition) is 1. The van der Waals surface area contributed by atoms with Crippen LogP contribution in [0.2, 0.25) is 0 Å². The number of nitrogens with one attached hydrogen (secondary N) is 1. The van der Waals surface area contributed by atoms with Gasteiger partial charge in [-0.25, -0.2) is 9.59 Å². The van der Waals surface area contributed by atoms with E-state index in [0.717, 1.165) is 0 Å². The molecule has 0 fully saturated rings. The van der Waals surface area contributed by atoms with Crippen LogP contribution < -0.4 is 10.1 Å². The summed E-state index contributed by atoms with van der Waals surface area (Å²) in [5.74, 6) is 0.154. The Morgan fingerprint density at radius 1 is 1.29 bits per heavy atom. The Bertz CT molecular complexity index is 470. The van der Waals surface area contributed by atoms with Crippen molar-refractivity contribution in [2.24, 2.45) is 5.92 Å². The third-order valence-electron chi connectivity index (χ3n) is 2.58.